The number of benzene rings is 2. The van der Waals surface area contributed by atoms with Crippen LogP contribution in [0.3, 0.4) is 0 Å². The number of esters is 1. The van der Waals surface area contributed by atoms with E-state index in [-0.39, 0.29) is 5.02 Å². The first-order valence-electron chi connectivity index (χ1n) is 7.81. The Hall–Kier alpha value is -2.80. The SMILES string of the molecule is CC(OC(=O)c1c(F)cccc1Cl)C(=O)Nc1ccc2c(c1)OCCO2. The lowest BCUT2D eigenvalue weighted by atomic mass is 10.2. The summed E-state index contributed by atoms with van der Waals surface area (Å²) in [5.41, 5.74) is 0.0409. The number of fused-ring (bicyclic) bond motifs is 1. The van der Waals surface area contributed by atoms with Gasteiger partial charge in [0, 0.05) is 11.8 Å². The number of carbonyl (C=O) groups is 2. The smallest absolute Gasteiger partial charge is 0.343 e. The largest absolute Gasteiger partial charge is 0.486 e. The summed E-state index contributed by atoms with van der Waals surface area (Å²) < 4.78 is 29.6. The van der Waals surface area contributed by atoms with Gasteiger partial charge in [0.15, 0.2) is 17.6 Å². The van der Waals surface area contributed by atoms with Gasteiger partial charge in [-0.15, -0.1) is 0 Å². The van der Waals surface area contributed by atoms with E-state index in [0.717, 1.165) is 6.07 Å². The van der Waals surface area contributed by atoms with Crippen LogP contribution in [0, 0.1) is 5.82 Å². The van der Waals surface area contributed by atoms with Gasteiger partial charge in [0.25, 0.3) is 5.91 Å². The quantitative estimate of drug-likeness (QED) is 0.824. The number of halogens is 2. The third kappa shape index (κ3) is 3.88. The van der Waals surface area contributed by atoms with Gasteiger partial charge in [-0.05, 0) is 31.2 Å². The van der Waals surface area contributed by atoms with Crippen molar-refractivity contribution in [2.24, 2.45) is 0 Å². The Labute approximate surface area is 153 Å². The van der Waals surface area contributed by atoms with Crippen LogP contribution in [0.4, 0.5) is 10.1 Å². The molecular formula is C18H15ClFNO5. The fraction of sp³-hybridized carbons (Fsp3) is 0.222. The molecule has 3 rings (SSSR count). The number of hydrogen-bond donors (Lipinski definition) is 1. The van der Waals surface area contributed by atoms with Crippen LogP contribution in [-0.4, -0.2) is 31.2 Å². The highest BCUT2D eigenvalue weighted by atomic mass is 35.5. The molecular weight excluding hydrogens is 365 g/mol. The molecule has 0 saturated carbocycles. The van der Waals surface area contributed by atoms with E-state index in [1.165, 1.54) is 19.1 Å². The van der Waals surface area contributed by atoms with E-state index in [0.29, 0.717) is 30.4 Å². The van der Waals surface area contributed by atoms with Gasteiger partial charge in [0.05, 0.1) is 5.02 Å². The Kier molecular flexibility index (Phi) is 5.27. The maximum atomic E-state index is 13.7. The lowest BCUT2D eigenvalue weighted by Crippen LogP contribution is -2.30. The second-order valence-corrected chi connectivity index (χ2v) is 5.90. The molecule has 8 heteroatoms. The molecule has 2 aromatic carbocycles. The molecule has 136 valence electrons. The molecule has 6 nitrogen and oxygen atoms in total. The van der Waals surface area contributed by atoms with Crippen molar-refractivity contribution in [1.82, 2.24) is 0 Å². The Morgan fingerprint density at radius 2 is 1.92 bits per heavy atom. The van der Waals surface area contributed by atoms with E-state index < -0.39 is 29.4 Å². The zero-order valence-corrected chi connectivity index (χ0v) is 14.5. The summed E-state index contributed by atoms with van der Waals surface area (Å²) in [4.78, 5) is 24.3. The summed E-state index contributed by atoms with van der Waals surface area (Å²) in [5.74, 6) is -1.32. The van der Waals surface area contributed by atoms with E-state index in [1.807, 2.05) is 0 Å². The number of ether oxygens (including phenoxy) is 3. The van der Waals surface area contributed by atoms with E-state index in [4.69, 9.17) is 25.8 Å². The van der Waals surface area contributed by atoms with Gasteiger partial charge >= 0.3 is 5.97 Å². The molecule has 1 atom stereocenters. The lowest BCUT2D eigenvalue weighted by molar-refractivity contribution is -0.123. The fourth-order valence-electron chi connectivity index (χ4n) is 2.33. The van der Waals surface area contributed by atoms with E-state index in [1.54, 1.807) is 18.2 Å². The van der Waals surface area contributed by atoms with Gasteiger partial charge in [-0.3, -0.25) is 4.79 Å². The molecule has 2 aromatic rings. The van der Waals surface area contributed by atoms with Crippen molar-refractivity contribution in [3.63, 3.8) is 0 Å². The summed E-state index contributed by atoms with van der Waals surface area (Å²) in [7, 11) is 0. The predicted molar refractivity (Wildman–Crippen MR) is 92.3 cm³/mol. The molecule has 0 radical (unpaired) electrons. The summed E-state index contributed by atoms with van der Waals surface area (Å²) in [6, 6.07) is 8.72. The van der Waals surface area contributed by atoms with Crippen LogP contribution >= 0.6 is 11.6 Å². The number of hydrogen-bond acceptors (Lipinski definition) is 5. The summed E-state index contributed by atoms with van der Waals surface area (Å²) in [6.07, 6.45) is -1.16. The minimum atomic E-state index is -1.16. The van der Waals surface area contributed by atoms with Crippen LogP contribution in [0.5, 0.6) is 11.5 Å². The second kappa shape index (κ2) is 7.61. The van der Waals surface area contributed by atoms with Crippen molar-refractivity contribution in [3.8, 4) is 11.5 Å². The Bertz CT molecular complexity index is 837. The molecule has 1 aliphatic heterocycles. The predicted octanol–water partition coefficient (Wildman–Crippen LogP) is 3.43. The van der Waals surface area contributed by atoms with Gasteiger partial charge in [0.1, 0.15) is 24.6 Å². The van der Waals surface area contributed by atoms with Gasteiger partial charge in [-0.25, -0.2) is 9.18 Å². The van der Waals surface area contributed by atoms with Crippen molar-refractivity contribution in [3.05, 3.63) is 52.8 Å². The number of amides is 1. The molecule has 1 N–H and O–H groups in total. The van der Waals surface area contributed by atoms with Crippen LogP contribution in [0.15, 0.2) is 36.4 Å². The summed E-state index contributed by atoms with van der Waals surface area (Å²) in [6.45, 7) is 2.26. The van der Waals surface area contributed by atoms with Crippen LogP contribution in [0.25, 0.3) is 0 Å². The third-order valence-electron chi connectivity index (χ3n) is 3.63. The average molecular weight is 380 g/mol. The first-order chi connectivity index (χ1) is 12.5. The zero-order chi connectivity index (χ0) is 18.7. The molecule has 0 aliphatic carbocycles. The van der Waals surface area contributed by atoms with Crippen molar-refractivity contribution in [1.29, 1.82) is 0 Å². The first-order valence-corrected chi connectivity index (χ1v) is 8.19. The summed E-state index contributed by atoms with van der Waals surface area (Å²) >= 11 is 5.82. The van der Waals surface area contributed by atoms with Crippen LogP contribution in [0.2, 0.25) is 5.02 Å². The number of nitrogens with one attached hydrogen (secondary N) is 1. The topological polar surface area (TPSA) is 73.9 Å². The minimum absolute atomic E-state index is 0.0885. The number of rotatable bonds is 4. The highest BCUT2D eigenvalue weighted by Gasteiger charge is 2.23. The van der Waals surface area contributed by atoms with Gasteiger partial charge in [-0.2, -0.15) is 0 Å². The van der Waals surface area contributed by atoms with Crippen molar-refractivity contribution in [2.75, 3.05) is 18.5 Å². The molecule has 1 amide bonds. The normalized spacial score (nSPS) is 13.7. The van der Waals surface area contributed by atoms with E-state index in [9.17, 15) is 14.0 Å². The maximum absolute atomic E-state index is 13.7. The summed E-state index contributed by atoms with van der Waals surface area (Å²) in [5, 5.41) is 2.51. The van der Waals surface area contributed by atoms with Crippen LogP contribution in [-0.2, 0) is 9.53 Å². The highest BCUT2D eigenvalue weighted by Crippen LogP contribution is 2.32. The molecule has 26 heavy (non-hydrogen) atoms. The van der Waals surface area contributed by atoms with E-state index in [2.05, 4.69) is 5.32 Å². The van der Waals surface area contributed by atoms with Gasteiger partial charge in [-0.1, -0.05) is 17.7 Å². The molecule has 0 aromatic heterocycles. The zero-order valence-electron chi connectivity index (χ0n) is 13.8. The molecule has 0 spiro atoms. The van der Waals surface area contributed by atoms with Crippen molar-refractivity contribution < 1.29 is 28.2 Å². The van der Waals surface area contributed by atoms with Gasteiger partial charge in [0.2, 0.25) is 0 Å². The maximum Gasteiger partial charge on any atom is 0.343 e. The highest BCUT2D eigenvalue weighted by molar-refractivity contribution is 6.33. The number of carbonyl (C=O) groups excluding carboxylic acids is 2. The lowest BCUT2D eigenvalue weighted by Gasteiger charge is -2.19. The van der Waals surface area contributed by atoms with Crippen molar-refractivity contribution in [2.45, 2.75) is 13.0 Å². The molecule has 0 fully saturated rings. The standard InChI is InChI=1S/C18H15ClFNO5/c1-10(26-18(23)16-12(19)3-2-4-13(16)20)17(22)21-11-5-6-14-15(9-11)25-8-7-24-14/h2-6,9-10H,7-8H2,1H3,(H,21,22). The fourth-order valence-corrected chi connectivity index (χ4v) is 2.57. The second-order valence-electron chi connectivity index (χ2n) is 5.49. The Morgan fingerprint density at radius 1 is 1.19 bits per heavy atom. The Balaban J connectivity index is 1.65. The van der Waals surface area contributed by atoms with Gasteiger partial charge < -0.3 is 19.5 Å². The molecule has 1 heterocycles. The monoisotopic (exact) mass is 379 g/mol. The minimum Gasteiger partial charge on any atom is -0.486 e. The Morgan fingerprint density at radius 3 is 2.65 bits per heavy atom. The molecule has 1 aliphatic rings. The number of anilines is 1. The van der Waals surface area contributed by atoms with Crippen molar-refractivity contribution >= 4 is 29.2 Å². The molecule has 0 bridgehead atoms. The van der Waals surface area contributed by atoms with Crippen LogP contribution in [0.1, 0.15) is 17.3 Å². The molecule has 1 unspecified atom stereocenters. The molecule has 0 saturated heterocycles. The first kappa shape index (κ1) is 18.0. The van der Waals surface area contributed by atoms with E-state index >= 15 is 0 Å². The third-order valence-corrected chi connectivity index (χ3v) is 3.94. The van der Waals surface area contributed by atoms with Crippen LogP contribution < -0.4 is 14.8 Å². The average Bonchev–Trinajstić information content (AvgIpc) is 2.61.